The minimum Gasteiger partial charge on any atom is -0.465 e. The number of thiophene rings is 1. The van der Waals surface area contributed by atoms with Crippen LogP contribution in [0.25, 0.3) is 0 Å². The van der Waals surface area contributed by atoms with E-state index in [4.69, 9.17) is 17.0 Å². The van der Waals surface area contributed by atoms with Crippen molar-refractivity contribution in [2.24, 2.45) is 0 Å². The molecule has 146 valence electrons. The Morgan fingerprint density at radius 3 is 2.50 bits per heavy atom. The van der Waals surface area contributed by atoms with Gasteiger partial charge in [0, 0.05) is 16.3 Å². The fraction of sp³-hybridized carbons (Fsp3) is 0.250. The van der Waals surface area contributed by atoms with Crippen LogP contribution in [-0.4, -0.2) is 28.0 Å². The number of anilines is 2. The highest BCUT2D eigenvalue weighted by Gasteiger charge is 2.16. The molecule has 2 N–H and O–H groups in total. The number of benzene rings is 1. The fourth-order valence-electron chi connectivity index (χ4n) is 2.84. The summed E-state index contributed by atoms with van der Waals surface area (Å²) in [5, 5.41) is 11.8. The Kier molecular flexibility index (Phi) is 6.11. The third-order valence-corrected chi connectivity index (χ3v) is 5.31. The Morgan fingerprint density at radius 2 is 1.89 bits per heavy atom. The molecule has 0 atom stereocenters. The molecule has 8 heteroatoms. The van der Waals surface area contributed by atoms with Gasteiger partial charge in [0.05, 0.1) is 24.9 Å². The van der Waals surface area contributed by atoms with Crippen LogP contribution in [0.2, 0.25) is 0 Å². The van der Waals surface area contributed by atoms with Crippen LogP contribution in [-0.2, 0) is 11.3 Å². The summed E-state index contributed by atoms with van der Waals surface area (Å²) in [7, 11) is 1.36. The van der Waals surface area contributed by atoms with Crippen molar-refractivity contribution in [2.45, 2.75) is 27.3 Å². The quantitative estimate of drug-likeness (QED) is 0.473. The van der Waals surface area contributed by atoms with Gasteiger partial charge < -0.3 is 15.4 Å². The highest BCUT2D eigenvalue weighted by molar-refractivity contribution is 7.80. The molecule has 0 bridgehead atoms. The molecule has 0 aliphatic carbocycles. The summed E-state index contributed by atoms with van der Waals surface area (Å²) in [5.74, 6) is -0.386. The molecule has 0 saturated carbocycles. The summed E-state index contributed by atoms with van der Waals surface area (Å²) in [6, 6.07) is 11.9. The van der Waals surface area contributed by atoms with Crippen LogP contribution in [0.1, 0.15) is 32.2 Å². The zero-order chi connectivity index (χ0) is 20.3. The van der Waals surface area contributed by atoms with Gasteiger partial charge in [-0.15, -0.1) is 11.3 Å². The topological polar surface area (TPSA) is 68.2 Å². The van der Waals surface area contributed by atoms with Crippen molar-refractivity contribution in [1.29, 1.82) is 0 Å². The number of aromatic nitrogens is 2. The van der Waals surface area contributed by atoms with Crippen molar-refractivity contribution in [1.82, 2.24) is 9.78 Å². The van der Waals surface area contributed by atoms with Gasteiger partial charge in [0.2, 0.25) is 0 Å². The van der Waals surface area contributed by atoms with Gasteiger partial charge in [-0.3, -0.25) is 4.68 Å². The van der Waals surface area contributed by atoms with E-state index in [9.17, 15) is 4.79 Å². The molecule has 3 rings (SSSR count). The van der Waals surface area contributed by atoms with Gasteiger partial charge in [0.15, 0.2) is 5.11 Å². The lowest BCUT2D eigenvalue weighted by atomic mass is 10.2. The summed E-state index contributed by atoms with van der Waals surface area (Å²) in [4.78, 5) is 12.9. The number of esters is 1. The number of methoxy groups -OCH3 is 1. The Balaban J connectivity index is 1.63. The number of rotatable bonds is 5. The third-order valence-electron chi connectivity index (χ3n) is 4.14. The molecule has 0 spiro atoms. The van der Waals surface area contributed by atoms with Gasteiger partial charge >= 0.3 is 5.97 Å². The number of hydrogen-bond donors (Lipinski definition) is 2. The first-order valence-corrected chi connectivity index (χ1v) is 9.95. The molecule has 0 amide bonds. The standard InChI is InChI=1S/C20H22N4O2S2/c1-12-9-13(2)24(23-12)11-15-5-7-16(8-6-15)21-20(27)22-18-17(19(25)26-4)10-14(3)28-18/h5-10H,11H2,1-4H3,(H2,21,22,27). The fourth-order valence-corrected chi connectivity index (χ4v) is 4.02. The van der Waals surface area contributed by atoms with Crippen molar-refractivity contribution in [3.63, 3.8) is 0 Å². The Labute approximate surface area is 173 Å². The van der Waals surface area contributed by atoms with Crippen LogP contribution in [0, 0.1) is 20.8 Å². The van der Waals surface area contributed by atoms with Crippen LogP contribution >= 0.6 is 23.6 Å². The number of thiocarbonyl (C=S) groups is 1. The van der Waals surface area contributed by atoms with Gasteiger partial charge in [-0.2, -0.15) is 5.10 Å². The second-order valence-corrected chi connectivity index (χ2v) is 8.12. The lowest BCUT2D eigenvalue weighted by molar-refractivity contribution is 0.0602. The number of nitrogens with zero attached hydrogens (tertiary/aromatic N) is 2. The monoisotopic (exact) mass is 414 g/mol. The number of nitrogens with one attached hydrogen (secondary N) is 2. The van der Waals surface area contributed by atoms with Crippen LogP contribution in [0.5, 0.6) is 0 Å². The SMILES string of the molecule is COC(=O)c1cc(C)sc1NC(=S)Nc1ccc(Cn2nc(C)cc2C)cc1. The second kappa shape index (κ2) is 8.53. The van der Waals surface area contributed by atoms with E-state index in [1.165, 1.54) is 18.4 Å². The lowest BCUT2D eigenvalue weighted by Gasteiger charge is -2.11. The molecule has 2 aromatic heterocycles. The van der Waals surface area contributed by atoms with E-state index >= 15 is 0 Å². The number of carbonyl (C=O) groups is 1. The average molecular weight is 415 g/mol. The van der Waals surface area contributed by atoms with Crippen molar-refractivity contribution in [2.75, 3.05) is 17.7 Å². The molecule has 0 saturated heterocycles. The van der Waals surface area contributed by atoms with Crippen LogP contribution in [0.15, 0.2) is 36.4 Å². The van der Waals surface area contributed by atoms with E-state index in [0.717, 1.165) is 34.1 Å². The first-order chi connectivity index (χ1) is 13.4. The highest BCUT2D eigenvalue weighted by Crippen LogP contribution is 2.28. The van der Waals surface area contributed by atoms with Crippen molar-refractivity contribution in [3.8, 4) is 0 Å². The summed E-state index contributed by atoms with van der Waals surface area (Å²) in [6.07, 6.45) is 0. The Hall–Kier alpha value is -2.71. The van der Waals surface area contributed by atoms with Crippen molar-refractivity contribution >= 4 is 45.3 Å². The maximum Gasteiger partial charge on any atom is 0.340 e. The summed E-state index contributed by atoms with van der Waals surface area (Å²) in [6.45, 7) is 6.69. The lowest BCUT2D eigenvalue weighted by Crippen LogP contribution is -2.19. The van der Waals surface area contributed by atoms with Gasteiger partial charge in [-0.25, -0.2) is 4.79 Å². The van der Waals surface area contributed by atoms with Gasteiger partial charge in [-0.05, 0) is 62.8 Å². The van der Waals surface area contributed by atoms with E-state index in [1.54, 1.807) is 6.07 Å². The molecule has 0 fully saturated rings. The Bertz CT molecular complexity index is 1010. The predicted octanol–water partition coefficient (Wildman–Crippen LogP) is 4.51. The van der Waals surface area contributed by atoms with E-state index in [1.807, 2.05) is 42.8 Å². The highest BCUT2D eigenvalue weighted by atomic mass is 32.1. The summed E-state index contributed by atoms with van der Waals surface area (Å²) >= 11 is 6.84. The van der Waals surface area contributed by atoms with Gasteiger partial charge in [0.25, 0.3) is 0 Å². The predicted molar refractivity (Wildman–Crippen MR) is 117 cm³/mol. The minimum atomic E-state index is -0.386. The number of aryl methyl sites for hydroxylation is 3. The van der Waals surface area contributed by atoms with Crippen LogP contribution in [0.3, 0.4) is 0 Å². The number of carbonyl (C=O) groups excluding carboxylic acids is 1. The molecular weight excluding hydrogens is 392 g/mol. The zero-order valence-corrected chi connectivity index (χ0v) is 17.8. The zero-order valence-electron chi connectivity index (χ0n) is 16.2. The molecule has 2 heterocycles. The van der Waals surface area contributed by atoms with Crippen LogP contribution in [0.4, 0.5) is 10.7 Å². The molecule has 0 unspecified atom stereocenters. The molecule has 1 aromatic carbocycles. The van der Waals surface area contributed by atoms with Crippen molar-refractivity contribution in [3.05, 3.63) is 63.8 Å². The molecule has 3 aromatic rings. The first kappa shape index (κ1) is 20.0. The van der Waals surface area contributed by atoms with E-state index in [2.05, 4.69) is 28.7 Å². The number of ether oxygens (including phenoxy) is 1. The van der Waals surface area contributed by atoms with Crippen LogP contribution < -0.4 is 10.6 Å². The molecule has 0 aliphatic rings. The normalized spacial score (nSPS) is 10.6. The molecule has 0 radical (unpaired) electrons. The van der Waals surface area contributed by atoms with Crippen molar-refractivity contribution < 1.29 is 9.53 Å². The maximum absolute atomic E-state index is 11.9. The third kappa shape index (κ3) is 4.76. The smallest absolute Gasteiger partial charge is 0.340 e. The molecule has 6 nitrogen and oxygen atoms in total. The van der Waals surface area contributed by atoms with E-state index in [0.29, 0.717) is 15.7 Å². The minimum absolute atomic E-state index is 0.386. The van der Waals surface area contributed by atoms with E-state index in [-0.39, 0.29) is 5.97 Å². The van der Waals surface area contributed by atoms with Gasteiger partial charge in [0.1, 0.15) is 5.00 Å². The second-order valence-electron chi connectivity index (χ2n) is 6.45. The van der Waals surface area contributed by atoms with Gasteiger partial charge in [-0.1, -0.05) is 12.1 Å². The summed E-state index contributed by atoms with van der Waals surface area (Å²) < 4.78 is 6.80. The maximum atomic E-state index is 11.9. The first-order valence-electron chi connectivity index (χ1n) is 8.72. The van der Waals surface area contributed by atoms with E-state index < -0.39 is 0 Å². The number of hydrogen-bond acceptors (Lipinski definition) is 5. The largest absolute Gasteiger partial charge is 0.465 e. The molecule has 28 heavy (non-hydrogen) atoms. The molecule has 0 aliphatic heterocycles. The Morgan fingerprint density at radius 1 is 1.18 bits per heavy atom. The summed E-state index contributed by atoms with van der Waals surface area (Å²) in [5.41, 5.74) is 4.65. The average Bonchev–Trinajstić information content (AvgIpc) is 3.17. The molecular formula is C20H22N4O2S2.